The number of carbonyl (C=O) groups is 2. The van der Waals surface area contributed by atoms with Crippen LogP contribution in [-0.4, -0.2) is 83.8 Å². The average molecular weight is 583 g/mol. The minimum absolute atomic E-state index is 0.00154. The van der Waals surface area contributed by atoms with Gasteiger partial charge >= 0.3 is 5.97 Å². The van der Waals surface area contributed by atoms with Crippen LogP contribution in [0.1, 0.15) is 63.9 Å². The van der Waals surface area contributed by atoms with Crippen LogP contribution in [0.5, 0.6) is 17.2 Å². The summed E-state index contributed by atoms with van der Waals surface area (Å²) in [5.41, 5.74) is -1.08. The molecule has 0 aromatic heterocycles. The number of fused-ring (bicyclic) bond motifs is 1. The molecule has 0 spiro atoms. The third-order valence-corrected chi connectivity index (χ3v) is 8.38. The van der Waals surface area contributed by atoms with Crippen LogP contribution in [0.3, 0.4) is 0 Å². The maximum atomic E-state index is 13.3. The number of aromatic hydroxyl groups is 2. The second-order valence-electron chi connectivity index (χ2n) is 11.1. The van der Waals surface area contributed by atoms with E-state index >= 15 is 0 Å². The molecule has 42 heavy (non-hydrogen) atoms. The Kier molecular flexibility index (Phi) is 8.15. The van der Waals surface area contributed by atoms with Crippen molar-refractivity contribution < 1.29 is 54.8 Å². The first-order valence-corrected chi connectivity index (χ1v) is 13.8. The van der Waals surface area contributed by atoms with Crippen LogP contribution in [-0.2, 0) is 11.2 Å². The lowest BCUT2D eigenvalue weighted by atomic mass is 9.85. The van der Waals surface area contributed by atoms with Gasteiger partial charge in [0.15, 0.2) is 5.78 Å². The second kappa shape index (κ2) is 11.5. The molecule has 1 aliphatic carbocycles. The molecule has 5 atom stereocenters. The number of hydrogen-bond donors (Lipinski definition) is 7. The maximum absolute atomic E-state index is 13.3. The smallest absolute Gasteiger partial charge is 0.335 e. The van der Waals surface area contributed by atoms with Gasteiger partial charge in [-0.05, 0) is 43.9 Å². The first kappa shape index (κ1) is 29.7. The molecule has 5 unspecified atom stereocenters. The first-order chi connectivity index (χ1) is 19.9. The third kappa shape index (κ3) is 5.30. The van der Waals surface area contributed by atoms with Crippen LogP contribution in [0.4, 0.5) is 0 Å². The van der Waals surface area contributed by atoms with Crippen LogP contribution in [0, 0.1) is 6.92 Å². The Balaban J connectivity index is 1.57. The van der Waals surface area contributed by atoms with Gasteiger partial charge in [-0.15, -0.1) is 0 Å². The van der Waals surface area contributed by atoms with Crippen LogP contribution < -0.4 is 4.74 Å². The number of benzene rings is 3. The van der Waals surface area contributed by atoms with Crippen molar-refractivity contribution in [3.63, 3.8) is 0 Å². The number of aliphatic hydroxyl groups excluding tert-OH is 3. The fourth-order valence-corrected chi connectivity index (χ4v) is 6.04. The molecule has 2 aliphatic rings. The number of carboxylic acid groups (broad SMARTS) is 1. The highest BCUT2D eigenvalue weighted by Gasteiger charge is 2.54. The third-order valence-electron chi connectivity index (χ3n) is 8.38. The highest BCUT2D eigenvalue weighted by atomic mass is 16.7. The van der Waals surface area contributed by atoms with Crippen molar-refractivity contribution in [1.29, 1.82) is 0 Å². The number of aliphatic hydroxyl groups is 4. The molecule has 2 fully saturated rings. The van der Waals surface area contributed by atoms with Gasteiger partial charge in [0.2, 0.25) is 6.29 Å². The number of phenolic OH excluding ortho intramolecular Hbond substituents is 2. The summed E-state index contributed by atoms with van der Waals surface area (Å²) in [5.74, 6) is -3.24. The highest BCUT2D eigenvalue weighted by molar-refractivity contribution is 6.11. The Bertz CT molecular complexity index is 1500. The van der Waals surface area contributed by atoms with Gasteiger partial charge in [0.1, 0.15) is 41.7 Å². The molecule has 0 amide bonds. The lowest BCUT2D eigenvalue weighted by Crippen LogP contribution is -2.65. The normalized spacial score (nSPS) is 25.4. The first-order valence-electron chi connectivity index (χ1n) is 13.8. The Morgan fingerprint density at radius 3 is 2.29 bits per heavy atom. The lowest BCUT2D eigenvalue weighted by molar-refractivity contribution is -0.303. The molecule has 1 saturated heterocycles. The molecule has 7 N–H and O–H groups in total. The molecule has 1 saturated carbocycles. The standard InChI is InChI=1S/C31H34O11/c1-15-21(19(32)10-9-16-7-3-2-4-8-16)24(34)22-18(23(15)33)13-17(29(38)39)14-20(22)41-30-27(37)25(35)26(36)28(42-30)31(40)11-5-6-12-31/h2-4,7-8,13-14,25-28,30,33-37,40H,5-6,9-12H2,1H3,(H,38,39). The van der Waals surface area contributed by atoms with Gasteiger partial charge in [-0.3, -0.25) is 4.79 Å². The molecule has 3 aromatic rings. The van der Waals surface area contributed by atoms with E-state index in [-0.39, 0.29) is 52.5 Å². The van der Waals surface area contributed by atoms with E-state index in [4.69, 9.17) is 9.47 Å². The highest BCUT2D eigenvalue weighted by Crippen LogP contribution is 2.46. The molecule has 11 nitrogen and oxygen atoms in total. The van der Waals surface area contributed by atoms with Gasteiger partial charge in [-0.25, -0.2) is 4.79 Å². The van der Waals surface area contributed by atoms with Crippen molar-refractivity contribution in [1.82, 2.24) is 0 Å². The van der Waals surface area contributed by atoms with Crippen molar-refractivity contribution in [2.75, 3.05) is 0 Å². The summed E-state index contributed by atoms with van der Waals surface area (Å²) >= 11 is 0. The number of ether oxygens (including phenoxy) is 2. The molecule has 0 bridgehead atoms. The number of hydrogen-bond acceptors (Lipinski definition) is 10. The summed E-state index contributed by atoms with van der Waals surface area (Å²) in [4.78, 5) is 25.3. The number of rotatable bonds is 8. The van der Waals surface area contributed by atoms with E-state index in [1.54, 1.807) is 0 Å². The summed E-state index contributed by atoms with van der Waals surface area (Å²) in [6.07, 6.45) is -6.06. The molecule has 1 aliphatic heterocycles. The van der Waals surface area contributed by atoms with E-state index in [1.165, 1.54) is 6.92 Å². The second-order valence-corrected chi connectivity index (χ2v) is 11.1. The minimum Gasteiger partial charge on any atom is -0.507 e. The fourth-order valence-electron chi connectivity index (χ4n) is 6.04. The maximum Gasteiger partial charge on any atom is 0.335 e. The average Bonchev–Trinajstić information content (AvgIpc) is 3.42. The molecule has 224 valence electrons. The number of carbonyl (C=O) groups excluding carboxylic acids is 1. The van der Waals surface area contributed by atoms with E-state index in [0.717, 1.165) is 17.7 Å². The van der Waals surface area contributed by atoms with Crippen molar-refractivity contribution in [3.8, 4) is 17.2 Å². The fraction of sp³-hybridized carbons (Fsp3) is 0.419. The number of Topliss-reactive ketones (excluding diaryl/α,β-unsaturated/α-hetero) is 1. The predicted octanol–water partition coefficient (Wildman–Crippen LogP) is 2.56. The van der Waals surface area contributed by atoms with E-state index in [2.05, 4.69) is 0 Å². The zero-order valence-corrected chi connectivity index (χ0v) is 22.9. The Labute approximate surface area is 241 Å². The zero-order chi connectivity index (χ0) is 30.3. The van der Waals surface area contributed by atoms with Gasteiger partial charge in [0.05, 0.1) is 22.1 Å². The monoisotopic (exact) mass is 582 g/mol. The molecule has 3 aromatic carbocycles. The van der Waals surface area contributed by atoms with Gasteiger partial charge in [-0.2, -0.15) is 0 Å². The molecular weight excluding hydrogens is 548 g/mol. The number of phenols is 2. The molecule has 1 heterocycles. The van der Waals surface area contributed by atoms with Gasteiger partial charge < -0.3 is 45.2 Å². The van der Waals surface area contributed by atoms with E-state index in [0.29, 0.717) is 19.3 Å². The molecule has 5 rings (SSSR count). The Morgan fingerprint density at radius 2 is 1.64 bits per heavy atom. The quantitative estimate of drug-likeness (QED) is 0.152. The Morgan fingerprint density at radius 1 is 0.976 bits per heavy atom. The van der Waals surface area contributed by atoms with Gasteiger partial charge in [-0.1, -0.05) is 43.2 Å². The zero-order valence-electron chi connectivity index (χ0n) is 22.9. The van der Waals surface area contributed by atoms with Crippen molar-refractivity contribution in [2.45, 2.75) is 81.8 Å². The number of ketones is 1. The van der Waals surface area contributed by atoms with E-state index in [1.807, 2.05) is 30.3 Å². The number of aromatic carboxylic acids is 1. The van der Waals surface area contributed by atoms with Crippen molar-refractivity contribution in [3.05, 3.63) is 64.7 Å². The largest absolute Gasteiger partial charge is 0.507 e. The Hall–Kier alpha value is -3.74. The van der Waals surface area contributed by atoms with Crippen LogP contribution >= 0.6 is 0 Å². The summed E-state index contributed by atoms with van der Waals surface area (Å²) in [7, 11) is 0. The molecule has 0 radical (unpaired) electrons. The van der Waals surface area contributed by atoms with E-state index < -0.39 is 59.6 Å². The van der Waals surface area contributed by atoms with E-state index in [9.17, 15) is 45.3 Å². The summed E-state index contributed by atoms with van der Waals surface area (Å²) < 4.78 is 11.7. The van der Waals surface area contributed by atoms with Crippen LogP contribution in [0.15, 0.2) is 42.5 Å². The van der Waals surface area contributed by atoms with Crippen molar-refractivity contribution >= 4 is 22.5 Å². The number of aryl methyl sites for hydroxylation is 1. The van der Waals surface area contributed by atoms with Crippen molar-refractivity contribution in [2.24, 2.45) is 0 Å². The summed E-state index contributed by atoms with van der Waals surface area (Å²) in [5, 5.41) is 74.9. The lowest BCUT2D eigenvalue weighted by Gasteiger charge is -2.45. The van der Waals surface area contributed by atoms with Gasteiger partial charge in [0.25, 0.3) is 0 Å². The molecule has 11 heteroatoms. The predicted molar refractivity (Wildman–Crippen MR) is 149 cm³/mol. The number of carboxylic acids is 1. The summed E-state index contributed by atoms with van der Waals surface area (Å²) in [6.45, 7) is 1.43. The van der Waals surface area contributed by atoms with Gasteiger partial charge in [0, 0.05) is 17.4 Å². The van der Waals surface area contributed by atoms with Crippen LogP contribution in [0.2, 0.25) is 0 Å². The minimum atomic E-state index is -1.84. The molecular formula is C31H34O11. The summed E-state index contributed by atoms with van der Waals surface area (Å²) in [6, 6.07) is 11.4. The topological polar surface area (TPSA) is 194 Å². The van der Waals surface area contributed by atoms with Crippen LogP contribution in [0.25, 0.3) is 10.8 Å². The SMILES string of the molecule is Cc1c(C(=O)CCc2ccccc2)c(O)c2c(OC3OC(C4(O)CCCC4)C(O)C(O)C3O)cc(C(=O)O)cc2c1O.